The van der Waals surface area contributed by atoms with Crippen LogP contribution in [0.2, 0.25) is 0 Å². The summed E-state index contributed by atoms with van der Waals surface area (Å²) in [6.07, 6.45) is -1.97. The van der Waals surface area contributed by atoms with E-state index in [2.05, 4.69) is 19.7 Å². The third-order valence-corrected chi connectivity index (χ3v) is 5.70. The average molecular weight is 499 g/mol. The molecule has 2 aliphatic rings. The zero-order chi connectivity index (χ0) is 25.1. The van der Waals surface area contributed by atoms with Crippen LogP contribution in [0.4, 0.5) is 13.2 Å². The first-order chi connectivity index (χ1) is 17.4. The Kier molecular flexibility index (Phi) is 6.45. The Balaban J connectivity index is 1.45. The largest absolute Gasteiger partial charge is 0.573 e. The van der Waals surface area contributed by atoms with Crippen molar-refractivity contribution < 1.29 is 27.2 Å². The van der Waals surface area contributed by atoms with E-state index < -0.39 is 12.7 Å². The zero-order valence-corrected chi connectivity index (χ0v) is 19.4. The van der Waals surface area contributed by atoms with E-state index in [1.54, 1.807) is 12.3 Å². The third-order valence-electron chi connectivity index (χ3n) is 5.70. The van der Waals surface area contributed by atoms with Crippen molar-refractivity contribution in [1.82, 2.24) is 19.9 Å². The van der Waals surface area contributed by atoms with Crippen LogP contribution in [0.25, 0.3) is 0 Å². The van der Waals surface area contributed by atoms with Gasteiger partial charge in [0.05, 0.1) is 19.4 Å². The second-order valence-corrected chi connectivity index (χ2v) is 8.27. The molecule has 0 saturated heterocycles. The molecule has 0 saturated carbocycles. The number of benzene rings is 2. The van der Waals surface area contributed by atoms with Gasteiger partial charge in [-0.15, -0.1) is 13.2 Å². The molecule has 8 nitrogen and oxygen atoms in total. The molecule has 0 N–H and O–H groups in total. The molecule has 2 aliphatic heterocycles. The Hall–Kier alpha value is -4.15. The third kappa shape index (κ3) is 5.40. The summed E-state index contributed by atoms with van der Waals surface area (Å²) in [5, 5.41) is 3.78. The standard InChI is InChI=1S/C25H24F3N5O3/c1-2-32-17-31(15-21-11-12-29-36-21)16-22-23(32)30-24(33(22)14-18-7-4-3-5-8-18)34-19-9-6-10-20(13-19)35-25(26,27)28/h3-13,16,24H,2,14-15,17H2,1H3. The lowest BCUT2D eigenvalue weighted by atomic mass is 10.2. The van der Waals surface area contributed by atoms with Gasteiger partial charge in [-0.3, -0.25) is 0 Å². The number of hydrogen-bond acceptors (Lipinski definition) is 8. The van der Waals surface area contributed by atoms with Crippen LogP contribution in [0.15, 0.2) is 88.3 Å². The maximum absolute atomic E-state index is 12.7. The molecule has 3 heterocycles. The molecular weight excluding hydrogens is 475 g/mol. The van der Waals surface area contributed by atoms with E-state index >= 15 is 0 Å². The summed E-state index contributed by atoms with van der Waals surface area (Å²) in [5.41, 5.74) is 1.88. The fraction of sp³-hybridized carbons (Fsp3) is 0.280. The van der Waals surface area contributed by atoms with E-state index in [1.807, 2.05) is 54.4 Å². The van der Waals surface area contributed by atoms with Crippen LogP contribution in [0.1, 0.15) is 18.2 Å². The van der Waals surface area contributed by atoms with E-state index in [9.17, 15) is 13.2 Å². The predicted molar refractivity (Wildman–Crippen MR) is 124 cm³/mol. The minimum atomic E-state index is -4.79. The first-order valence-corrected chi connectivity index (χ1v) is 11.4. The predicted octanol–water partition coefficient (Wildman–Crippen LogP) is 4.79. The molecule has 36 heavy (non-hydrogen) atoms. The van der Waals surface area contributed by atoms with Gasteiger partial charge in [-0.2, -0.15) is 0 Å². The van der Waals surface area contributed by atoms with Crippen LogP contribution >= 0.6 is 0 Å². The number of nitrogens with zero attached hydrogens (tertiary/aromatic N) is 5. The van der Waals surface area contributed by atoms with Crippen molar-refractivity contribution in [3.8, 4) is 11.5 Å². The highest BCUT2D eigenvalue weighted by molar-refractivity contribution is 5.99. The van der Waals surface area contributed by atoms with Crippen LogP contribution in [0, 0.1) is 0 Å². The molecule has 11 heteroatoms. The summed E-state index contributed by atoms with van der Waals surface area (Å²) in [4.78, 5) is 11.0. The summed E-state index contributed by atoms with van der Waals surface area (Å²) in [5.74, 6) is 1.34. The average Bonchev–Trinajstić information content (AvgIpc) is 3.47. The molecular formula is C25H24F3N5O3. The summed E-state index contributed by atoms with van der Waals surface area (Å²) in [6, 6.07) is 17.1. The summed E-state index contributed by atoms with van der Waals surface area (Å²) in [7, 11) is 0. The van der Waals surface area contributed by atoms with Crippen LogP contribution in [0.5, 0.6) is 11.5 Å². The van der Waals surface area contributed by atoms with Gasteiger partial charge in [0.2, 0.25) is 0 Å². The van der Waals surface area contributed by atoms with Crippen molar-refractivity contribution in [2.75, 3.05) is 13.2 Å². The molecule has 0 bridgehead atoms. The van der Waals surface area contributed by atoms with Crippen molar-refractivity contribution >= 4 is 5.84 Å². The molecule has 0 radical (unpaired) electrons. The number of hydrogen-bond donors (Lipinski definition) is 0. The lowest BCUT2D eigenvalue weighted by molar-refractivity contribution is -0.274. The second kappa shape index (κ2) is 9.84. The minimum absolute atomic E-state index is 0.213. The van der Waals surface area contributed by atoms with E-state index in [0.717, 1.165) is 22.9 Å². The van der Waals surface area contributed by atoms with E-state index in [1.165, 1.54) is 18.2 Å². The first kappa shape index (κ1) is 23.6. The maximum Gasteiger partial charge on any atom is 0.573 e. The number of aliphatic imine (C=N–C) groups is 1. The fourth-order valence-electron chi connectivity index (χ4n) is 4.13. The molecule has 0 spiro atoms. The summed E-state index contributed by atoms with van der Waals surface area (Å²) >= 11 is 0. The first-order valence-electron chi connectivity index (χ1n) is 11.4. The van der Waals surface area contributed by atoms with E-state index in [0.29, 0.717) is 26.3 Å². The van der Waals surface area contributed by atoms with E-state index in [-0.39, 0.29) is 11.5 Å². The number of aromatic nitrogens is 1. The van der Waals surface area contributed by atoms with Gasteiger partial charge >= 0.3 is 6.36 Å². The molecule has 1 unspecified atom stereocenters. The molecule has 1 atom stereocenters. The molecule has 0 aliphatic carbocycles. The SMILES string of the molecule is CCN1CN(Cc2ccno2)C=C2C1=NC(Oc1cccc(OC(F)(F)F)c1)N2Cc1ccccc1. The van der Waals surface area contributed by atoms with Gasteiger partial charge in [-0.05, 0) is 24.6 Å². The van der Waals surface area contributed by atoms with Crippen molar-refractivity contribution in [1.29, 1.82) is 0 Å². The van der Waals surface area contributed by atoms with Crippen molar-refractivity contribution in [3.63, 3.8) is 0 Å². The zero-order valence-electron chi connectivity index (χ0n) is 19.4. The number of amidine groups is 1. The molecule has 188 valence electrons. The van der Waals surface area contributed by atoms with Gasteiger partial charge in [-0.25, -0.2) is 4.99 Å². The molecule has 0 amide bonds. The summed E-state index contributed by atoms with van der Waals surface area (Å²) in [6.45, 7) is 4.32. The van der Waals surface area contributed by atoms with Crippen LogP contribution in [-0.4, -0.2) is 51.6 Å². The monoisotopic (exact) mass is 499 g/mol. The highest BCUT2D eigenvalue weighted by atomic mass is 19.4. The number of fused-ring (bicyclic) bond motifs is 1. The number of ether oxygens (including phenoxy) is 2. The molecule has 5 rings (SSSR count). The molecule has 3 aromatic rings. The number of alkyl halides is 3. The van der Waals surface area contributed by atoms with Crippen molar-refractivity contribution in [2.24, 2.45) is 4.99 Å². The maximum atomic E-state index is 12.7. The Morgan fingerprint density at radius 3 is 2.56 bits per heavy atom. The van der Waals surface area contributed by atoms with Gasteiger partial charge in [-0.1, -0.05) is 41.6 Å². The molecule has 2 aromatic carbocycles. The van der Waals surface area contributed by atoms with Crippen LogP contribution in [-0.2, 0) is 13.1 Å². The van der Waals surface area contributed by atoms with E-state index in [4.69, 9.17) is 14.3 Å². The van der Waals surface area contributed by atoms with Crippen molar-refractivity contribution in [3.05, 3.63) is 90.1 Å². The van der Waals surface area contributed by atoms with Crippen LogP contribution in [0.3, 0.4) is 0 Å². The van der Waals surface area contributed by atoms with Crippen molar-refractivity contribution in [2.45, 2.75) is 32.7 Å². The highest BCUT2D eigenvalue weighted by Crippen LogP contribution is 2.33. The lowest BCUT2D eigenvalue weighted by Crippen LogP contribution is -2.45. The highest BCUT2D eigenvalue weighted by Gasteiger charge is 2.38. The quantitative estimate of drug-likeness (QED) is 0.442. The van der Waals surface area contributed by atoms with Gasteiger partial charge in [0, 0.05) is 31.4 Å². The van der Waals surface area contributed by atoms with Gasteiger partial charge in [0.15, 0.2) is 11.6 Å². The molecule has 1 aromatic heterocycles. The lowest BCUT2D eigenvalue weighted by Gasteiger charge is -2.37. The number of likely N-dealkylation sites (N-methyl/N-ethyl adjacent to an activating group) is 1. The number of halogens is 3. The Morgan fingerprint density at radius 2 is 1.83 bits per heavy atom. The Morgan fingerprint density at radius 1 is 1.03 bits per heavy atom. The van der Waals surface area contributed by atoms with Gasteiger partial charge in [0.25, 0.3) is 6.35 Å². The Bertz CT molecular complexity index is 1230. The normalized spacial score (nSPS) is 17.6. The van der Waals surface area contributed by atoms with Crippen LogP contribution < -0.4 is 9.47 Å². The molecule has 0 fully saturated rings. The number of rotatable bonds is 8. The topological polar surface area (TPSA) is 66.6 Å². The van der Waals surface area contributed by atoms with Gasteiger partial charge in [0.1, 0.15) is 17.2 Å². The smallest absolute Gasteiger partial charge is 0.450 e. The summed E-state index contributed by atoms with van der Waals surface area (Å²) < 4.78 is 53.6. The minimum Gasteiger partial charge on any atom is -0.450 e. The second-order valence-electron chi connectivity index (χ2n) is 8.27. The fourth-order valence-corrected chi connectivity index (χ4v) is 4.13. The Labute approximate surface area is 205 Å². The van der Waals surface area contributed by atoms with Gasteiger partial charge < -0.3 is 28.7 Å².